The normalized spacial score (nSPS) is 17.3. The lowest BCUT2D eigenvalue weighted by Gasteiger charge is -2.36. The van der Waals surface area contributed by atoms with Crippen LogP contribution in [0.15, 0.2) is 18.2 Å². The minimum absolute atomic E-state index is 0.0447. The average molecular weight is 290 g/mol. The van der Waals surface area contributed by atoms with Gasteiger partial charge in [0.05, 0.1) is 17.8 Å². The topological polar surface area (TPSA) is 23.6 Å². The minimum atomic E-state index is -4.21. The molecule has 20 heavy (non-hydrogen) atoms. The van der Waals surface area contributed by atoms with Crippen molar-refractivity contribution in [2.75, 3.05) is 37.6 Å². The monoisotopic (exact) mass is 290 g/mol. The predicted octanol–water partition coefficient (Wildman–Crippen LogP) is 2.32. The summed E-state index contributed by atoms with van der Waals surface area (Å²) in [5.74, 6) is -0.616. The molecule has 0 bridgehead atoms. The first-order chi connectivity index (χ1) is 9.40. The van der Waals surface area contributed by atoms with Gasteiger partial charge in [-0.25, -0.2) is 4.39 Å². The minimum Gasteiger partial charge on any atom is -0.368 e. The maximum Gasteiger partial charge on any atom is 0.401 e. The lowest BCUT2D eigenvalue weighted by molar-refractivity contribution is -0.146. The Kier molecular flexibility index (Phi) is 4.27. The lowest BCUT2D eigenvalue weighted by Crippen LogP contribution is -2.49. The molecule has 1 aromatic carbocycles. The summed E-state index contributed by atoms with van der Waals surface area (Å²) in [5.41, 5.74) is 0.392. The van der Waals surface area contributed by atoms with E-state index in [9.17, 15) is 22.4 Å². The molecule has 0 aromatic heterocycles. The van der Waals surface area contributed by atoms with Crippen molar-refractivity contribution in [2.24, 2.45) is 0 Å². The Labute approximate surface area is 113 Å². The Morgan fingerprint density at radius 2 is 1.80 bits per heavy atom. The van der Waals surface area contributed by atoms with Crippen molar-refractivity contribution in [3.8, 4) is 0 Å². The highest BCUT2D eigenvalue weighted by molar-refractivity contribution is 5.85. The van der Waals surface area contributed by atoms with Crippen molar-refractivity contribution in [1.29, 1.82) is 0 Å². The predicted molar refractivity (Wildman–Crippen MR) is 66.5 cm³/mol. The van der Waals surface area contributed by atoms with Crippen LogP contribution in [0.2, 0.25) is 0 Å². The summed E-state index contributed by atoms with van der Waals surface area (Å²) < 4.78 is 50.3. The summed E-state index contributed by atoms with van der Waals surface area (Å²) >= 11 is 0. The van der Waals surface area contributed by atoms with E-state index in [4.69, 9.17) is 0 Å². The maximum atomic E-state index is 13.5. The summed E-state index contributed by atoms with van der Waals surface area (Å²) in [6.07, 6.45) is -3.78. The number of piperazine rings is 1. The number of carbonyl (C=O) groups excluding carboxylic acids is 1. The van der Waals surface area contributed by atoms with Crippen LogP contribution in [0, 0.1) is 5.82 Å². The number of aldehydes is 1. The lowest BCUT2D eigenvalue weighted by atomic mass is 10.1. The SMILES string of the molecule is O=Cc1c(F)cccc1N1CCN(CC(F)(F)F)CC1. The number of rotatable bonds is 3. The highest BCUT2D eigenvalue weighted by Gasteiger charge is 2.32. The second-order valence-electron chi connectivity index (χ2n) is 4.67. The Morgan fingerprint density at radius 1 is 1.15 bits per heavy atom. The van der Waals surface area contributed by atoms with E-state index in [1.54, 1.807) is 11.0 Å². The Morgan fingerprint density at radius 3 is 2.35 bits per heavy atom. The van der Waals surface area contributed by atoms with E-state index in [2.05, 4.69) is 0 Å². The Bertz CT molecular complexity index is 482. The van der Waals surface area contributed by atoms with Crippen LogP contribution in [0.25, 0.3) is 0 Å². The zero-order chi connectivity index (χ0) is 14.8. The van der Waals surface area contributed by atoms with Crippen LogP contribution < -0.4 is 4.90 Å². The van der Waals surface area contributed by atoms with Gasteiger partial charge in [0.1, 0.15) is 5.82 Å². The van der Waals surface area contributed by atoms with Crippen LogP contribution in [0.4, 0.5) is 23.2 Å². The van der Waals surface area contributed by atoms with Crippen LogP contribution in [-0.2, 0) is 0 Å². The summed E-state index contributed by atoms with van der Waals surface area (Å²) in [6, 6.07) is 4.28. The van der Waals surface area contributed by atoms with Crippen LogP contribution in [0.5, 0.6) is 0 Å². The van der Waals surface area contributed by atoms with Crippen LogP contribution in [-0.4, -0.2) is 50.1 Å². The number of hydrogen-bond donors (Lipinski definition) is 0. The smallest absolute Gasteiger partial charge is 0.368 e. The van der Waals surface area contributed by atoms with Gasteiger partial charge < -0.3 is 4.90 Å². The molecule has 1 fully saturated rings. The van der Waals surface area contributed by atoms with Gasteiger partial charge >= 0.3 is 6.18 Å². The number of halogens is 4. The van der Waals surface area contributed by atoms with Crippen molar-refractivity contribution in [2.45, 2.75) is 6.18 Å². The first-order valence-corrected chi connectivity index (χ1v) is 6.18. The summed E-state index contributed by atoms with van der Waals surface area (Å²) in [5, 5.41) is 0. The van der Waals surface area contributed by atoms with E-state index in [0.717, 1.165) is 0 Å². The molecule has 110 valence electrons. The third kappa shape index (κ3) is 3.47. The van der Waals surface area contributed by atoms with E-state index >= 15 is 0 Å². The van der Waals surface area contributed by atoms with Gasteiger partial charge in [0.15, 0.2) is 6.29 Å². The second kappa shape index (κ2) is 5.78. The fraction of sp³-hybridized carbons (Fsp3) is 0.462. The van der Waals surface area contributed by atoms with Gasteiger partial charge in [-0.15, -0.1) is 0 Å². The van der Waals surface area contributed by atoms with Crippen LogP contribution >= 0.6 is 0 Å². The largest absolute Gasteiger partial charge is 0.401 e. The molecule has 0 amide bonds. The summed E-state index contributed by atoms with van der Waals surface area (Å²) in [4.78, 5) is 14.0. The van der Waals surface area contributed by atoms with Gasteiger partial charge in [0.25, 0.3) is 0 Å². The van der Waals surface area contributed by atoms with Crippen molar-refractivity contribution < 1.29 is 22.4 Å². The molecule has 3 nitrogen and oxygen atoms in total. The van der Waals surface area contributed by atoms with Gasteiger partial charge in [-0.05, 0) is 12.1 Å². The molecule has 0 spiro atoms. The van der Waals surface area contributed by atoms with E-state index in [0.29, 0.717) is 25.1 Å². The molecule has 7 heteroatoms. The van der Waals surface area contributed by atoms with Crippen molar-refractivity contribution in [1.82, 2.24) is 4.90 Å². The molecule has 0 unspecified atom stereocenters. The molecule has 1 heterocycles. The molecule has 0 aliphatic carbocycles. The molecule has 1 aliphatic heterocycles. The quantitative estimate of drug-likeness (QED) is 0.630. The van der Waals surface area contributed by atoms with E-state index in [1.165, 1.54) is 17.0 Å². The number of benzene rings is 1. The third-order valence-electron chi connectivity index (χ3n) is 3.26. The maximum absolute atomic E-state index is 13.5. The molecule has 0 N–H and O–H groups in total. The molecule has 1 saturated heterocycles. The van der Waals surface area contributed by atoms with E-state index in [-0.39, 0.29) is 18.7 Å². The first kappa shape index (κ1) is 14.8. The molecule has 0 radical (unpaired) electrons. The molecule has 1 aliphatic rings. The van der Waals surface area contributed by atoms with Gasteiger partial charge in [-0.3, -0.25) is 9.69 Å². The molecule has 1 aromatic rings. The summed E-state index contributed by atoms with van der Waals surface area (Å²) in [6.45, 7) is 0.188. The standard InChI is InChI=1S/C13H14F4N2O/c14-11-2-1-3-12(10(11)8-20)19-6-4-18(5-7-19)9-13(15,16)17/h1-3,8H,4-7,9H2. The fourth-order valence-electron chi connectivity index (χ4n) is 2.32. The number of hydrogen-bond acceptors (Lipinski definition) is 3. The number of alkyl halides is 3. The second-order valence-corrected chi connectivity index (χ2v) is 4.67. The molecule has 0 saturated carbocycles. The van der Waals surface area contributed by atoms with Crippen LogP contribution in [0.1, 0.15) is 10.4 Å². The Balaban J connectivity index is 2.04. The van der Waals surface area contributed by atoms with Gasteiger partial charge in [0, 0.05) is 26.2 Å². The van der Waals surface area contributed by atoms with Gasteiger partial charge in [0.2, 0.25) is 0 Å². The van der Waals surface area contributed by atoms with Crippen molar-refractivity contribution >= 4 is 12.0 Å². The molecular weight excluding hydrogens is 276 g/mol. The van der Waals surface area contributed by atoms with Gasteiger partial charge in [-0.2, -0.15) is 13.2 Å². The molecular formula is C13H14F4N2O. The Hall–Kier alpha value is -1.63. The first-order valence-electron chi connectivity index (χ1n) is 6.18. The number of anilines is 1. The van der Waals surface area contributed by atoms with E-state index in [1.807, 2.05) is 0 Å². The van der Waals surface area contributed by atoms with Crippen LogP contribution in [0.3, 0.4) is 0 Å². The highest BCUT2D eigenvalue weighted by Crippen LogP contribution is 2.24. The zero-order valence-electron chi connectivity index (χ0n) is 10.7. The molecule has 2 rings (SSSR count). The van der Waals surface area contributed by atoms with Crippen molar-refractivity contribution in [3.05, 3.63) is 29.6 Å². The molecule has 0 atom stereocenters. The number of carbonyl (C=O) groups is 1. The van der Waals surface area contributed by atoms with E-state index < -0.39 is 18.5 Å². The fourth-order valence-corrected chi connectivity index (χ4v) is 2.32. The third-order valence-corrected chi connectivity index (χ3v) is 3.26. The summed E-state index contributed by atoms with van der Waals surface area (Å²) in [7, 11) is 0. The van der Waals surface area contributed by atoms with Gasteiger partial charge in [-0.1, -0.05) is 6.07 Å². The van der Waals surface area contributed by atoms with Crippen molar-refractivity contribution in [3.63, 3.8) is 0 Å². The number of nitrogens with zero attached hydrogens (tertiary/aromatic N) is 2. The highest BCUT2D eigenvalue weighted by atomic mass is 19.4. The zero-order valence-corrected chi connectivity index (χ0v) is 10.7. The average Bonchev–Trinajstić information content (AvgIpc) is 2.37.